The first kappa shape index (κ1) is 11.6. The van der Waals surface area contributed by atoms with Gasteiger partial charge in [-0.2, -0.15) is 0 Å². The fourth-order valence-electron chi connectivity index (χ4n) is 2.63. The molecule has 5 nitrogen and oxygen atoms in total. The Balaban J connectivity index is 2.27. The summed E-state index contributed by atoms with van der Waals surface area (Å²) in [5.74, 6) is -0.0112. The highest BCUT2D eigenvalue weighted by molar-refractivity contribution is 5.95. The van der Waals surface area contributed by atoms with E-state index in [1.807, 2.05) is 12.1 Å². The van der Waals surface area contributed by atoms with Crippen LogP contribution in [0.1, 0.15) is 18.1 Å². The molecule has 0 atom stereocenters. The molecule has 0 fully saturated rings. The van der Waals surface area contributed by atoms with Crippen molar-refractivity contribution in [3.8, 4) is 0 Å². The van der Waals surface area contributed by atoms with E-state index in [4.69, 9.17) is 0 Å². The van der Waals surface area contributed by atoms with E-state index in [9.17, 15) is 14.9 Å². The van der Waals surface area contributed by atoms with Crippen molar-refractivity contribution < 1.29 is 9.72 Å². The third-order valence-corrected chi connectivity index (χ3v) is 3.58. The largest absolute Gasteiger partial charge is 0.334 e. The van der Waals surface area contributed by atoms with Gasteiger partial charge in [0.2, 0.25) is 5.91 Å². The number of non-ortho nitro benzene ring substituents is 1. The lowest BCUT2D eigenvalue weighted by Crippen LogP contribution is -2.21. The van der Waals surface area contributed by atoms with Crippen LogP contribution in [0.2, 0.25) is 0 Å². The number of benzene rings is 2. The van der Waals surface area contributed by atoms with E-state index in [1.165, 1.54) is 6.92 Å². The molecule has 0 N–H and O–H groups in total. The molecular formula is C14H12N2O3. The summed E-state index contributed by atoms with van der Waals surface area (Å²) < 4.78 is 0. The summed E-state index contributed by atoms with van der Waals surface area (Å²) in [5, 5.41) is 12.7. The maximum atomic E-state index is 11.5. The second-order valence-corrected chi connectivity index (χ2v) is 4.71. The number of hydrogen-bond donors (Lipinski definition) is 0. The first-order valence-corrected chi connectivity index (χ1v) is 6.01. The predicted octanol–water partition coefficient (Wildman–Crippen LogP) is 2.61. The van der Waals surface area contributed by atoms with Gasteiger partial charge in [-0.3, -0.25) is 14.9 Å². The third kappa shape index (κ3) is 1.74. The number of nitrogens with zero attached hydrogens (tertiary/aromatic N) is 2. The van der Waals surface area contributed by atoms with E-state index in [-0.39, 0.29) is 16.5 Å². The van der Waals surface area contributed by atoms with Crippen LogP contribution in [0.15, 0.2) is 30.3 Å². The van der Waals surface area contributed by atoms with Gasteiger partial charge in [0.05, 0.1) is 10.3 Å². The summed E-state index contributed by atoms with van der Waals surface area (Å²) in [6.07, 6.45) is 0. The van der Waals surface area contributed by atoms with Crippen LogP contribution < -0.4 is 0 Å². The number of fused-ring (bicyclic) bond motifs is 3. The third-order valence-electron chi connectivity index (χ3n) is 3.58. The Morgan fingerprint density at radius 1 is 1.26 bits per heavy atom. The summed E-state index contributed by atoms with van der Waals surface area (Å²) >= 11 is 0. The highest BCUT2D eigenvalue weighted by atomic mass is 16.6. The summed E-state index contributed by atoms with van der Waals surface area (Å²) in [6.45, 7) is 2.50. The van der Waals surface area contributed by atoms with E-state index in [2.05, 4.69) is 0 Å². The quantitative estimate of drug-likeness (QED) is 0.582. The summed E-state index contributed by atoms with van der Waals surface area (Å²) in [7, 11) is 0. The Morgan fingerprint density at radius 3 is 2.58 bits per heavy atom. The van der Waals surface area contributed by atoms with Crippen LogP contribution in [0.25, 0.3) is 10.8 Å². The molecule has 1 aliphatic rings. The van der Waals surface area contributed by atoms with Crippen LogP contribution in [0.5, 0.6) is 0 Å². The van der Waals surface area contributed by atoms with E-state index < -0.39 is 0 Å². The molecule has 19 heavy (non-hydrogen) atoms. The smallest absolute Gasteiger partial charge is 0.277 e. The Labute approximate surface area is 109 Å². The van der Waals surface area contributed by atoms with Crippen LogP contribution in [0.4, 0.5) is 5.69 Å². The minimum atomic E-state index is -0.362. The Morgan fingerprint density at radius 2 is 1.95 bits per heavy atom. The predicted molar refractivity (Wildman–Crippen MR) is 70.5 cm³/mol. The molecule has 1 heterocycles. The second kappa shape index (κ2) is 4.05. The van der Waals surface area contributed by atoms with E-state index >= 15 is 0 Å². The number of amides is 1. The van der Waals surface area contributed by atoms with Crippen LogP contribution in [0.3, 0.4) is 0 Å². The van der Waals surface area contributed by atoms with E-state index in [1.54, 1.807) is 23.1 Å². The topological polar surface area (TPSA) is 63.5 Å². The normalized spacial score (nSPS) is 13.6. The van der Waals surface area contributed by atoms with Crippen molar-refractivity contribution in [1.29, 1.82) is 0 Å². The van der Waals surface area contributed by atoms with Gasteiger partial charge in [0, 0.05) is 26.1 Å². The summed E-state index contributed by atoms with van der Waals surface area (Å²) in [5.41, 5.74) is 2.01. The molecule has 0 aliphatic carbocycles. The van der Waals surface area contributed by atoms with E-state index in [0.717, 1.165) is 16.5 Å². The molecule has 2 aromatic rings. The molecule has 0 radical (unpaired) electrons. The number of carbonyl (C=O) groups is 1. The van der Waals surface area contributed by atoms with Crippen molar-refractivity contribution in [3.63, 3.8) is 0 Å². The zero-order chi connectivity index (χ0) is 13.6. The second-order valence-electron chi connectivity index (χ2n) is 4.71. The van der Waals surface area contributed by atoms with Crippen LogP contribution in [-0.4, -0.2) is 15.7 Å². The van der Waals surface area contributed by atoms with Gasteiger partial charge >= 0.3 is 0 Å². The molecule has 0 aromatic heterocycles. The lowest BCUT2D eigenvalue weighted by molar-refractivity contribution is -0.383. The highest BCUT2D eigenvalue weighted by Crippen LogP contribution is 2.36. The number of nitro benzene ring substituents is 1. The highest BCUT2D eigenvalue weighted by Gasteiger charge is 2.26. The number of hydrogen-bond acceptors (Lipinski definition) is 3. The fraction of sp³-hybridized carbons (Fsp3) is 0.214. The fourth-order valence-corrected chi connectivity index (χ4v) is 2.63. The molecule has 3 rings (SSSR count). The Hall–Kier alpha value is -2.43. The molecule has 0 saturated heterocycles. The zero-order valence-electron chi connectivity index (χ0n) is 10.4. The van der Waals surface area contributed by atoms with Crippen molar-refractivity contribution in [2.45, 2.75) is 20.0 Å². The standard InChI is InChI=1S/C14H12N2O3/c1-9(17)15-7-10-6-14(16(18)19)12-5-3-2-4-11(12)13(10)8-15/h2-6H,7-8H2,1H3. The maximum absolute atomic E-state index is 11.5. The molecule has 5 heteroatoms. The average molecular weight is 256 g/mol. The zero-order valence-corrected chi connectivity index (χ0v) is 10.4. The first-order valence-electron chi connectivity index (χ1n) is 6.01. The van der Waals surface area contributed by atoms with Gasteiger partial charge in [-0.05, 0) is 22.6 Å². The number of nitro groups is 1. The maximum Gasteiger partial charge on any atom is 0.277 e. The molecule has 0 spiro atoms. The molecule has 0 saturated carbocycles. The Bertz CT molecular complexity index is 709. The number of carbonyl (C=O) groups excluding carboxylic acids is 1. The first-order chi connectivity index (χ1) is 9.08. The van der Waals surface area contributed by atoms with Crippen molar-refractivity contribution in [3.05, 3.63) is 51.6 Å². The Kier molecular flexibility index (Phi) is 2.48. The monoisotopic (exact) mass is 256 g/mol. The van der Waals surface area contributed by atoms with Gasteiger partial charge in [-0.1, -0.05) is 18.2 Å². The van der Waals surface area contributed by atoms with Crippen molar-refractivity contribution in [2.75, 3.05) is 0 Å². The number of rotatable bonds is 1. The van der Waals surface area contributed by atoms with Gasteiger partial charge in [0.25, 0.3) is 5.69 Å². The summed E-state index contributed by atoms with van der Waals surface area (Å²) in [4.78, 5) is 23.9. The lowest BCUT2D eigenvalue weighted by atomic mass is 9.99. The average Bonchev–Trinajstić information content (AvgIpc) is 2.81. The van der Waals surface area contributed by atoms with Crippen LogP contribution in [0, 0.1) is 10.1 Å². The van der Waals surface area contributed by atoms with Gasteiger partial charge in [0.15, 0.2) is 0 Å². The van der Waals surface area contributed by atoms with Gasteiger partial charge < -0.3 is 4.90 Å². The van der Waals surface area contributed by atoms with E-state index in [0.29, 0.717) is 18.5 Å². The molecular weight excluding hydrogens is 244 g/mol. The van der Waals surface area contributed by atoms with Crippen molar-refractivity contribution >= 4 is 22.4 Å². The van der Waals surface area contributed by atoms with Crippen LogP contribution in [-0.2, 0) is 17.9 Å². The van der Waals surface area contributed by atoms with Gasteiger partial charge in [0.1, 0.15) is 0 Å². The molecule has 0 bridgehead atoms. The molecule has 1 amide bonds. The molecule has 1 aliphatic heterocycles. The van der Waals surface area contributed by atoms with Crippen LogP contribution >= 0.6 is 0 Å². The molecule has 0 unspecified atom stereocenters. The minimum absolute atomic E-state index is 0.0112. The SMILES string of the molecule is CC(=O)N1Cc2cc([N+](=O)[O-])c3ccccc3c2C1. The summed E-state index contributed by atoms with van der Waals surface area (Å²) in [6, 6.07) is 8.89. The lowest BCUT2D eigenvalue weighted by Gasteiger charge is -2.11. The minimum Gasteiger partial charge on any atom is -0.334 e. The van der Waals surface area contributed by atoms with Gasteiger partial charge in [-0.15, -0.1) is 0 Å². The molecule has 2 aromatic carbocycles. The van der Waals surface area contributed by atoms with Crippen molar-refractivity contribution in [1.82, 2.24) is 4.90 Å². The van der Waals surface area contributed by atoms with Crippen molar-refractivity contribution in [2.24, 2.45) is 0 Å². The van der Waals surface area contributed by atoms with Gasteiger partial charge in [-0.25, -0.2) is 0 Å². The molecule has 96 valence electrons.